The third kappa shape index (κ3) is 4.38. The van der Waals surface area contributed by atoms with Gasteiger partial charge in [0, 0.05) is 10.6 Å². The molecule has 3 amide bonds. The molecule has 158 valence electrons. The normalized spacial score (nSPS) is 16.8. The lowest BCUT2D eigenvalue weighted by Crippen LogP contribution is -2.56. The topological polar surface area (TPSA) is 57.7 Å². The molecule has 1 aliphatic heterocycles. The van der Waals surface area contributed by atoms with E-state index >= 15 is 0 Å². The summed E-state index contributed by atoms with van der Waals surface area (Å²) in [4.78, 5) is 41.7. The average Bonchev–Trinajstić information content (AvgIpc) is 2.98. The summed E-state index contributed by atoms with van der Waals surface area (Å²) in [5.41, 5.74) is 0.435. The van der Waals surface area contributed by atoms with Crippen LogP contribution in [0.3, 0.4) is 0 Å². The fourth-order valence-corrected chi connectivity index (χ4v) is 3.77. The Morgan fingerprint density at radius 1 is 1.13 bits per heavy atom. The van der Waals surface area contributed by atoms with Gasteiger partial charge in [0.25, 0.3) is 5.91 Å². The summed E-state index contributed by atoms with van der Waals surface area (Å²) in [6.45, 7) is 5.69. The van der Waals surface area contributed by atoms with Crippen molar-refractivity contribution < 1.29 is 18.8 Å². The van der Waals surface area contributed by atoms with Crippen molar-refractivity contribution in [3.63, 3.8) is 0 Å². The van der Waals surface area contributed by atoms with Crippen LogP contribution in [0.1, 0.15) is 39.2 Å². The molecule has 1 atom stereocenters. The maximum absolute atomic E-state index is 13.3. The number of rotatable bonds is 6. The van der Waals surface area contributed by atoms with Gasteiger partial charge >= 0.3 is 0 Å². The molecule has 0 aliphatic carbocycles. The van der Waals surface area contributed by atoms with Crippen LogP contribution in [-0.4, -0.2) is 34.2 Å². The minimum absolute atomic E-state index is 0.0924. The summed E-state index contributed by atoms with van der Waals surface area (Å²) in [6.07, 6.45) is 0.592. The van der Waals surface area contributed by atoms with E-state index in [-0.39, 0.29) is 18.7 Å². The Hall–Kier alpha value is -2.73. The molecule has 5 nitrogen and oxygen atoms in total. The summed E-state index contributed by atoms with van der Waals surface area (Å²) in [7, 11) is 0. The van der Waals surface area contributed by atoms with Crippen LogP contribution in [0, 0.1) is 5.82 Å². The van der Waals surface area contributed by atoms with Gasteiger partial charge in [0.15, 0.2) is 0 Å². The van der Waals surface area contributed by atoms with Gasteiger partial charge in [-0.3, -0.25) is 14.4 Å². The number of hydrogen-bond donors (Lipinski definition) is 0. The first-order valence-corrected chi connectivity index (χ1v) is 10.2. The molecule has 3 rings (SSSR count). The minimum Gasteiger partial charge on any atom is -0.325 e. The number of halogens is 2. The number of amides is 3. The van der Waals surface area contributed by atoms with Crippen LogP contribution in [0.5, 0.6) is 0 Å². The highest BCUT2D eigenvalue weighted by Gasteiger charge is 2.48. The molecule has 1 unspecified atom stereocenters. The number of anilines is 1. The van der Waals surface area contributed by atoms with Gasteiger partial charge in [-0.2, -0.15) is 0 Å². The van der Waals surface area contributed by atoms with Gasteiger partial charge in [0.2, 0.25) is 11.8 Å². The third-order valence-corrected chi connectivity index (χ3v) is 5.83. The van der Waals surface area contributed by atoms with Crippen molar-refractivity contribution >= 4 is 35.0 Å². The molecule has 2 aromatic carbocycles. The highest BCUT2D eigenvalue weighted by atomic mass is 35.5. The number of imide groups is 1. The fourth-order valence-electron chi connectivity index (χ4n) is 3.64. The van der Waals surface area contributed by atoms with E-state index in [1.165, 1.54) is 29.2 Å². The molecule has 7 heteroatoms. The van der Waals surface area contributed by atoms with Crippen LogP contribution in [-0.2, 0) is 20.8 Å². The SMILES string of the molecule is CCC(C)(C)N(C(=O)Cc1ccc(Cl)cc1)C1CC(=O)N(c2ccc(F)cc2)C1=O. The van der Waals surface area contributed by atoms with Crippen LogP contribution in [0.4, 0.5) is 10.1 Å². The van der Waals surface area contributed by atoms with Crippen molar-refractivity contribution in [1.82, 2.24) is 4.90 Å². The molecule has 0 bridgehead atoms. The Morgan fingerprint density at radius 3 is 2.30 bits per heavy atom. The molecule has 0 spiro atoms. The minimum atomic E-state index is -0.905. The van der Waals surface area contributed by atoms with E-state index in [2.05, 4.69) is 0 Å². The Morgan fingerprint density at radius 2 is 1.73 bits per heavy atom. The summed E-state index contributed by atoms with van der Waals surface area (Å²) in [6, 6.07) is 11.2. The number of carbonyl (C=O) groups excluding carboxylic acids is 3. The van der Waals surface area contributed by atoms with Gasteiger partial charge in [-0.15, -0.1) is 0 Å². The Labute approximate surface area is 180 Å². The first-order chi connectivity index (χ1) is 14.1. The van der Waals surface area contributed by atoms with Crippen molar-refractivity contribution in [1.29, 1.82) is 0 Å². The molecular weight excluding hydrogens is 407 g/mol. The molecule has 0 saturated carbocycles. The molecule has 30 heavy (non-hydrogen) atoms. The van der Waals surface area contributed by atoms with Crippen molar-refractivity contribution in [3.05, 3.63) is 64.9 Å². The summed E-state index contributed by atoms with van der Waals surface area (Å²) in [5, 5.41) is 0.573. The van der Waals surface area contributed by atoms with Gasteiger partial charge in [0.1, 0.15) is 11.9 Å². The molecule has 1 aliphatic rings. The van der Waals surface area contributed by atoms with E-state index in [4.69, 9.17) is 11.6 Å². The van der Waals surface area contributed by atoms with Crippen LogP contribution in [0.25, 0.3) is 0 Å². The maximum atomic E-state index is 13.3. The Balaban J connectivity index is 1.91. The summed E-state index contributed by atoms with van der Waals surface area (Å²) >= 11 is 5.92. The maximum Gasteiger partial charge on any atom is 0.257 e. The van der Waals surface area contributed by atoms with Crippen molar-refractivity contribution in [2.75, 3.05) is 4.90 Å². The molecule has 0 N–H and O–H groups in total. The lowest BCUT2D eigenvalue weighted by Gasteiger charge is -2.41. The zero-order valence-electron chi connectivity index (χ0n) is 17.2. The van der Waals surface area contributed by atoms with E-state index in [9.17, 15) is 18.8 Å². The number of nitrogens with zero attached hydrogens (tertiary/aromatic N) is 2. The smallest absolute Gasteiger partial charge is 0.257 e. The van der Waals surface area contributed by atoms with Crippen molar-refractivity contribution in [2.24, 2.45) is 0 Å². The van der Waals surface area contributed by atoms with Gasteiger partial charge in [0.05, 0.1) is 18.5 Å². The van der Waals surface area contributed by atoms with Crippen molar-refractivity contribution in [2.45, 2.75) is 51.6 Å². The number of benzene rings is 2. The predicted octanol–water partition coefficient (Wildman–Crippen LogP) is 4.37. The first-order valence-electron chi connectivity index (χ1n) is 9.83. The molecule has 1 saturated heterocycles. The van der Waals surface area contributed by atoms with Crippen LogP contribution in [0.2, 0.25) is 5.02 Å². The predicted molar refractivity (Wildman–Crippen MR) is 114 cm³/mol. The second kappa shape index (κ2) is 8.56. The third-order valence-electron chi connectivity index (χ3n) is 5.57. The highest BCUT2D eigenvalue weighted by molar-refractivity contribution is 6.30. The largest absolute Gasteiger partial charge is 0.325 e. The standard InChI is InChI=1S/C23H24ClFN2O3/c1-4-23(2,3)27(21(29)13-15-5-7-16(24)8-6-15)19-14-20(28)26(22(19)30)18-11-9-17(25)10-12-18/h5-12,19H,4,13-14H2,1-3H3. The molecule has 0 aromatic heterocycles. The number of carbonyl (C=O) groups is 3. The summed E-state index contributed by atoms with van der Waals surface area (Å²) in [5.74, 6) is -1.58. The average molecular weight is 431 g/mol. The second-order valence-corrected chi connectivity index (χ2v) is 8.43. The molecular formula is C23H24ClFN2O3. The Bertz CT molecular complexity index is 957. The molecule has 0 radical (unpaired) electrons. The van der Waals surface area contributed by atoms with E-state index in [1.54, 1.807) is 24.3 Å². The Kier molecular flexibility index (Phi) is 6.27. The number of hydrogen-bond acceptors (Lipinski definition) is 3. The van der Waals surface area contributed by atoms with Crippen LogP contribution < -0.4 is 4.90 Å². The van der Waals surface area contributed by atoms with Crippen LogP contribution in [0.15, 0.2) is 48.5 Å². The molecule has 1 fully saturated rings. The monoisotopic (exact) mass is 430 g/mol. The van der Waals surface area contributed by atoms with E-state index in [1.807, 2.05) is 20.8 Å². The zero-order chi connectivity index (χ0) is 22.1. The first kappa shape index (κ1) is 22.0. The van der Waals surface area contributed by atoms with Gasteiger partial charge in [-0.05, 0) is 62.2 Å². The zero-order valence-corrected chi connectivity index (χ0v) is 17.9. The fraction of sp³-hybridized carbons (Fsp3) is 0.348. The second-order valence-electron chi connectivity index (χ2n) is 8.00. The lowest BCUT2D eigenvalue weighted by atomic mass is 9.94. The van der Waals surface area contributed by atoms with Gasteiger partial charge < -0.3 is 4.90 Å². The highest BCUT2D eigenvalue weighted by Crippen LogP contribution is 2.32. The summed E-state index contributed by atoms with van der Waals surface area (Å²) < 4.78 is 13.3. The van der Waals surface area contributed by atoms with Gasteiger partial charge in [-0.1, -0.05) is 30.7 Å². The lowest BCUT2D eigenvalue weighted by molar-refractivity contribution is -0.144. The van der Waals surface area contributed by atoms with Crippen molar-refractivity contribution in [3.8, 4) is 0 Å². The van der Waals surface area contributed by atoms with E-state index in [0.29, 0.717) is 17.1 Å². The van der Waals surface area contributed by atoms with E-state index < -0.39 is 29.2 Å². The quantitative estimate of drug-likeness (QED) is 0.639. The van der Waals surface area contributed by atoms with E-state index in [0.717, 1.165) is 10.5 Å². The molecule has 2 aromatic rings. The molecule has 1 heterocycles. The van der Waals surface area contributed by atoms with Crippen LogP contribution >= 0.6 is 11.6 Å². The van der Waals surface area contributed by atoms with Gasteiger partial charge in [-0.25, -0.2) is 9.29 Å².